The molecule has 2 aliphatic rings. The molecule has 0 aromatic heterocycles. The number of carbonyl (C=O) groups is 1. The summed E-state index contributed by atoms with van der Waals surface area (Å²) in [6.45, 7) is 4.18. The van der Waals surface area contributed by atoms with E-state index in [4.69, 9.17) is 0 Å². The Morgan fingerprint density at radius 1 is 1.23 bits per heavy atom. The molecule has 2 heterocycles. The smallest absolute Gasteiger partial charge is 0.269 e. The first-order valence-corrected chi connectivity index (χ1v) is 7.96. The molecule has 1 amide bonds. The minimum atomic E-state index is -0.457. The number of anilines is 1. The van der Waals surface area contributed by atoms with Crippen LogP contribution in [0.15, 0.2) is 48.6 Å². The monoisotopic (exact) mass is 316 g/mol. The van der Waals surface area contributed by atoms with E-state index in [-0.39, 0.29) is 17.5 Å². The topological polar surface area (TPSA) is 63.5 Å². The van der Waals surface area contributed by atoms with Crippen LogP contribution >= 0.6 is 11.8 Å². The van der Waals surface area contributed by atoms with Gasteiger partial charge in [-0.25, -0.2) is 0 Å². The van der Waals surface area contributed by atoms with E-state index < -0.39 is 9.79 Å². The van der Waals surface area contributed by atoms with Gasteiger partial charge in [-0.1, -0.05) is 19.1 Å². The number of nitrogens with zero attached hydrogens (tertiary/aromatic N) is 2. The summed E-state index contributed by atoms with van der Waals surface area (Å²) in [4.78, 5) is 24.0. The number of carbonyl (C=O) groups excluding carboxylic acids is 1. The van der Waals surface area contributed by atoms with Gasteiger partial charge in [0.05, 0.1) is 4.92 Å². The predicted octanol–water partition coefficient (Wildman–Crippen LogP) is 3.52. The molecule has 0 fully saturated rings. The van der Waals surface area contributed by atoms with Crippen LogP contribution in [0.25, 0.3) is 0 Å². The van der Waals surface area contributed by atoms with E-state index >= 15 is 0 Å². The van der Waals surface area contributed by atoms with Gasteiger partial charge in [0.15, 0.2) is 0 Å². The van der Waals surface area contributed by atoms with Crippen molar-refractivity contribution >= 4 is 29.0 Å². The maximum absolute atomic E-state index is 12.4. The lowest BCUT2D eigenvalue weighted by Crippen LogP contribution is -2.50. The number of rotatable bonds is 2. The molecule has 1 aromatic rings. The Morgan fingerprint density at radius 3 is 2.55 bits per heavy atom. The summed E-state index contributed by atoms with van der Waals surface area (Å²) in [5.74, 6) is 0.0716. The van der Waals surface area contributed by atoms with Crippen molar-refractivity contribution in [1.82, 2.24) is 0 Å². The van der Waals surface area contributed by atoms with Crippen LogP contribution in [0.1, 0.15) is 13.8 Å². The summed E-state index contributed by atoms with van der Waals surface area (Å²) in [6.07, 6.45) is 7.82. The molecule has 0 bridgehead atoms. The van der Waals surface area contributed by atoms with E-state index in [1.807, 2.05) is 6.08 Å². The number of nitro groups is 1. The standard InChI is InChI=1S/C16H16N2O3S/c1-11-3-4-12(2)22-16(11)10-9-15(19)17(16)13-5-7-14(8-6-13)18(20)21/h3-12H,1-2H3/t11?,12-,16+/m0/s1. The van der Waals surface area contributed by atoms with Gasteiger partial charge in [-0.3, -0.25) is 19.8 Å². The van der Waals surface area contributed by atoms with Crippen LogP contribution in [0.5, 0.6) is 0 Å². The number of amides is 1. The normalized spacial score (nSPS) is 30.3. The van der Waals surface area contributed by atoms with Gasteiger partial charge in [0, 0.05) is 35.1 Å². The van der Waals surface area contributed by atoms with Crippen molar-refractivity contribution in [2.24, 2.45) is 5.92 Å². The molecule has 3 atom stereocenters. The van der Waals surface area contributed by atoms with Gasteiger partial charge in [0.1, 0.15) is 4.87 Å². The summed E-state index contributed by atoms with van der Waals surface area (Å²) in [5, 5.41) is 11.1. The van der Waals surface area contributed by atoms with Crippen molar-refractivity contribution in [3.63, 3.8) is 0 Å². The van der Waals surface area contributed by atoms with Gasteiger partial charge < -0.3 is 0 Å². The van der Waals surface area contributed by atoms with Crippen LogP contribution in [0.4, 0.5) is 11.4 Å². The fourth-order valence-electron chi connectivity index (χ4n) is 2.92. The first-order valence-electron chi connectivity index (χ1n) is 7.08. The van der Waals surface area contributed by atoms with Crippen LogP contribution in [0.3, 0.4) is 0 Å². The van der Waals surface area contributed by atoms with Crippen LogP contribution in [0.2, 0.25) is 0 Å². The Balaban J connectivity index is 2.02. The van der Waals surface area contributed by atoms with Crippen molar-refractivity contribution in [3.05, 3.63) is 58.7 Å². The lowest BCUT2D eigenvalue weighted by molar-refractivity contribution is -0.384. The van der Waals surface area contributed by atoms with Crippen molar-refractivity contribution in [2.75, 3.05) is 4.90 Å². The summed E-state index contributed by atoms with van der Waals surface area (Å²) < 4.78 is 0. The summed E-state index contributed by atoms with van der Waals surface area (Å²) >= 11 is 1.72. The highest BCUT2D eigenvalue weighted by Gasteiger charge is 2.48. The molecule has 1 unspecified atom stereocenters. The molecular formula is C16H16N2O3S. The van der Waals surface area contributed by atoms with Crippen LogP contribution in [-0.2, 0) is 4.79 Å². The van der Waals surface area contributed by atoms with Gasteiger partial charge in [-0.2, -0.15) is 0 Å². The van der Waals surface area contributed by atoms with E-state index in [1.165, 1.54) is 12.1 Å². The SMILES string of the molecule is CC1C=C[C@H](C)S[C@]12C=CC(=O)N2c1ccc([N+](=O)[O-])cc1. The zero-order valence-electron chi connectivity index (χ0n) is 12.3. The largest absolute Gasteiger partial charge is 0.290 e. The van der Waals surface area contributed by atoms with Crippen molar-refractivity contribution < 1.29 is 9.72 Å². The maximum atomic E-state index is 12.4. The molecule has 1 aromatic carbocycles. The average molecular weight is 316 g/mol. The van der Waals surface area contributed by atoms with Crippen LogP contribution in [0, 0.1) is 16.0 Å². The molecule has 3 rings (SSSR count). The Labute approximate surface area is 132 Å². The summed E-state index contributed by atoms with van der Waals surface area (Å²) in [5.41, 5.74) is 0.706. The Kier molecular flexibility index (Phi) is 3.56. The second-order valence-corrected chi connectivity index (χ2v) is 7.16. The number of hydrogen-bond acceptors (Lipinski definition) is 4. The Bertz CT molecular complexity index is 683. The highest BCUT2D eigenvalue weighted by atomic mass is 32.2. The lowest BCUT2D eigenvalue weighted by atomic mass is 9.98. The Hall–Kier alpha value is -2.08. The lowest BCUT2D eigenvalue weighted by Gasteiger charge is -2.44. The van der Waals surface area contributed by atoms with Gasteiger partial charge in [-0.05, 0) is 25.1 Å². The van der Waals surface area contributed by atoms with Crippen LogP contribution < -0.4 is 4.90 Å². The van der Waals surface area contributed by atoms with Gasteiger partial charge in [-0.15, -0.1) is 11.8 Å². The third-order valence-electron chi connectivity index (χ3n) is 4.05. The highest BCUT2D eigenvalue weighted by Crippen LogP contribution is 2.49. The van der Waals surface area contributed by atoms with Gasteiger partial charge in [0.25, 0.3) is 11.6 Å². The summed E-state index contributed by atoms with van der Waals surface area (Å²) in [6, 6.07) is 6.15. The minimum Gasteiger partial charge on any atom is -0.290 e. The Morgan fingerprint density at radius 2 is 1.91 bits per heavy atom. The molecule has 2 aliphatic heterocycles. The first-order chi connectivity index (χ1) is 10.4. The molecule has 114 valence electrons. The molecule has 0 aliphatic carbocycles. The van der Waals surface area contributed by atoms with E-state index in [9.17, 15) is 14.9 Å². The third-order valence-corrected chi connectivity index (χ3v) is 5.65. The summed E-state index contributed by atoms with van der Waals surface area (Å²) in [7, 11) is 0. The van der Waals surface area contributed by atoms with E-state index in [0.717, 1.165) is 0 Å². The maximum Gasteiger partial charge on any atom is 0.269 e. The molecular weight excluding hydrogens is 300 g/mol. The zero-order valence-corrected chi connectivity index (χ0v) is 13.1. The number of nitro benzene ring substituents is 1. The highest BCUT2D eigenvalue weighted by molar-refractivity contribution is 8.01. The fourth-order valence-corrected chi connectivity index (χ4v) is 4.42. The van der Waals surface area contributed by atoms with E-state index in [2.05, 4.69) is 26.0 Å². The van der Waals surface area contributed by atoms with Crippen molar-refractivity contribution in [3.8, 4) is 0 Å². The van der Waals surface area contributed by atoms with E-state index in [0.29, 0.717) is 10.9 Å². The molecule has 0 radical (unpaired) electrons. The van der Waals surface area contributed by atoms with Crippen LogP contribution in [-0.4, -0.2) is 21.0 Å². The van der Waals surface area contributed by atoms with E-state index in [1.54, 1.807) is 34.9 Å². The molecule has 5 nitrogen and oxygen atoms in total. The zero-order chi connectivity index (χ0) is 15.9. The number of non-ortho nitro benzene ring substituents is 1. The molecule has 6 heteroatoms. The molecule has 0 saturated carbocycles. The number of thioether (sulfide) groups is 1. The molecule has 1 spiro atoms. The number of hydrogen-bond donors (Lipinski definition) is 0. The van der Waals surface area contributed by atoms with Gasteiger partial charge in [0.2, 0.25) is 0 Å². The van der Waals surface area contributed by atoms with Crippen molar-refractivity contribution in [1.29, 1.82) is 0 Å². The average Bonchev–Trinajstić information content (AvgIpc) is 2.81. The second-order valence-electron chi connectivity index (χ2n) is 5.53. The fraction of sp³-hybridized carbons (Fsp3) is 0.312. The minimum absolute atomic E-state index is 0.0232. The molecule has 0 saturated heterocycles. The quantitative estimate of drug-likeness (QED) is 0.476. The van der Waals surface area contributed by atoms with Crippen molar-refractivity contribution in [2.45, 2.75) is 24.0 Å². The predicted molar refractivity (Wildman–Crippen MR) is 87.8 cm³/mol. The van der Waals surface area contributed by atoms with Gasteiger partial charge >= 0.3 is 0 Å². The molecule has 0 N–H and O–H groups in total. The molecule has 22 heavy (non-hydrogen) atoms. The number of benzene rings is 1. The first kappa shape index (κ1) is 14.8. The third kappa shape index (κ3) is 2.23. The second kappa shape index (κ2) is 5.28.